The number of alkyl halides is 1. The lowest BCUT2D eigenvalue weighted by Gasteiger charge is -2.44. The van der Waals surface area contributed by atoms with Crippen LogP contribution in [0.25, 0.3) is 0 Å². The van der Waals surface area contributed by atoms with Gasteiger partial charge in [-0.2, -0.15) is 0 Å². The second-order valence-corrected chi connectivity index (χ2v) is 13.4. The molecule has 9 atom stereocenters. The minimum absolute atomic E-state index is 0.0942. The second-order valence-electron chi connectivity index (χ2n) is 11.8. The quantitative estimate of drug-likeness (QED) is 0.232. The molecular weight excluding hydrogens is 584 g/mol. The third kappa shape index (κ3) is 7.42. The SMILES string of the molecule is CCC[C@@H]1C[C@@H](C(=O)NC(C(C)Cl)C2OC(SC)C(OC(=O)c3ccccc3OC(C)=O)C3OC(C)(C)OC23)N(C)C1. The molecule has 3 heterocycles. The highest BCUT2D eigenvalue weighted by molar-refractivity contribution is 7.99. The first kappa shape index (κ1) is 33.0. The van der Waals surface area contributed by atoms with Crippen LogP contribution < -0.4 is 10.1 Å². The normalized spacial score (nSPS) is 32.0. The highest BCUT2D eigenvalue weighted by Crippen LogP contribution is 2.43. The molecule has 7 unspecified atom stereocenters. The summed E-state index contributed by atoms with van der Waals surface area (Å²) in [5.74, 6) is -1.76. The molecule has 1 aromatic carbocycles. The van der Waals surface area contributed by atoms with E-state index >= 15 is 0 Å². The Kier molecular flexibility index (Phi) is 10.9. The summed E-state index contributed by atoms with van der Waals surface area (Å²) in [7, 11) is 1.98. The number of benzene rings is 1. The molecule has 0 aliphatic carbocycles. The predicted molar refractivity (Wildman–Crippen MR) is 160 cm³/mol. The molecule has 1 aromatic rings. The Hall–Kier alpha value is -1.89. The van der Waals surface area contributed by atoms with E-state index in [-0.39, 0.29) is 23.3 Å². The zero-order chi connectivity index (χ0) is 30.8. The van der Waals surface area contributed by atoms with Gasteiger partial charge in [-0.25, -0.2) is 4.79 Å². The number of thioether (sulfide) groups is 1. The van der Waals surface area contributed by atoms with Gasteiger partial charge in [0, 0.05) is 13.5 Å². The fourth-order valence-corrected chi connectivity index (χ4v) is 7.13. The van der Waals surface area contributed by atoms with Crippen LogP contribution in [0.2, 0.25) is 0 Å². The second kappa shape index (κ2) is 13.8. The number of esters is 2. The van der Waals surface area contributed by atoms with E-state index in [0.717, 1.165) is 25.8 Å². The molecule has 3 fully saturated rings. The van der Waals surface area contributed by atoms with E-state index in [9.17, 15) is 14.4 Å². The van der Waals surface area contributed by atoms with Gasteiger partial charge >= 0.3 is 11.9 Å². The van der Waals surface area contributed by atoms with Gasteiger partial charge in [-0.1, -0.05) is 25.5 Å². The van der Waals surface area contributed by atoms with Crippen LogP contribution >= 0.6 is 23.4 Å². The maximum Gasteiger partial charge on any atom is 0.342 e. The zero-order valence-electron chi connectivity index (χ0n) is 25.3. The Bertz CT molecular complexity index is 1140. The highest BCUT2D eigenvalue weighted by atomic mass is 35.5. The van der Waals surface area contributed by atoms with Gasteiger partial charge in [0.1, 0.15) is 35.1 Å². The summed E-state index contributed by atoms with van der Waals surface area (Å²) >= 11 is 8.07. The van der Waals surface area contributed by atoms with Gasteiger partial charge in [-0.05, 0) is 65.0 Å². The van der Waals surface area contributed by atoms with E-state index in [2.05, 4.69) is 17.1 Å². The van der Waals surface area contributed by atoms with E-state index in [0.29, 0.717) is 5.92 Å². The summed E-state index contributed by atoms with van der Waals surface area (Å²) < 4.78 is 30.4. The van der Waals surface area contributed by atoms with Crippen molar-refractivity contribution in [3.63, 3.8) is 0 Å². The minimum Gasteiger partial charge on any atom is -0.452 e. The van der Waals surface area contributed by atoms with E-state index in [1.165, 1.54) is 30.8 Å². The number of likely N-dealkylation sites (tertiary alicyclic amines) is 1. The molecule has 0 radical (unpaired) electrons. The predicted octanol–water partition coefficient (Wildman–Crippen LogP) is 3.98. The Morgan fingerprint density at radius 3 is 2.55 bits per heavy atom. The van der Waals surface area contributed by atoms with Crippen LogP contribution in [-0.2, 0) is 28.5 Å². The molecule has 1 amide bonds. The van der Waals surface area contributed by atoms with Crippen molar-refractivity contribution in [1.29, 1.82) is 0 Å². The van der Waals surface area contributed by atoms with Crippen molar-refractivity contribution in [3.05, 3.63) is 29.8 Å². The first-order valence-electron chi connectivity index (χ1n) is 14.5. The monoisotopic (exact) mass is 626 g/mol. The van der Waals surface area contributed by atoms with Crippen LogP contribution in [0.4, 0.5) is 0 Å². The topological polar surface area (TPSA) is 113 Å². The minimum atomic E-state index is -1.01. The smallest absolute Gasteiger partial charge is 0.342 e. The van der Waals surface area contributed by atoms with Crippen molar-refractivity contribution < 1.29 is 38.1 Å². The van der Waals surface area contributed by atoms with Gasteiger partial charge in [-0.15, -0.1) is 23.4 Å². The zero-order valence-corrected chi connectivity index (χ0v) is 26.9. The molecule has 0 saturated carbocycles. The molecule has 12 heteroatoms. The van der Waals surface area contributed by atoms with Crippen molar-refractivity contribution in [3.8, 4) is 5.75 Å². The van der Waals surface area contributed by atoms with Crippen LogP contribution in [0.1, 0.15) is 64.2 Å². The van der Waals surface area contributed by atoms with Crippen LogP contribution in [0.5, 0.6) is 5.75 Å². The maximum absolute atomic E-state index is 13.6. The molecule has 0 bridgehead atoms. The fourth-order valence-electron chi connectivity index (χ4n) is 6.21. The fraction of sp³-hybridized carbons (Fsp3) is 0.700. The molecular formula is C30H43ClN2O8S. The van der Waals surface area contributed by atoms with Gasteiger partial charge in [0.15, 0.2) is 11.9 Å². The number of carbonyl (C=O) groups is 3. The largest absolute Gasteiger partial charge is 0.452 e. The maximum atomic E-state index is 13.6. The molecule has 0 aromatic heterocycles. The van der Waals surface area contributed by atoms with Crippen molar-refractivity contribution in [2.24, 2.45) is 5.92 Å². The molecule has 3 saturated heterocycles. The van der Waals surface area contributed by atoms with Crippen molar-refractivity contribution in [2.45, 2.75) is 107 Å². The van der Waals surface area contributed by atoms with Crippen LogP contribution in [0, 0.1) is 5.92 Å². The Morgan fingerprint density at radius 2 is 1.90 bits per heavy atom. The lowest BCUT2D eigenvalue weighted by atomic mass is 9.92. The summed E-state index contributed by atoms with van der Waals surface area (Å²) in [5.41, 5.74) is -0.553. The van der Waals surface area contributed by atoms with E-state index in [1.807, 2.05) is 20.2 Å². The molecule has 10 nitrogen and oxygen atoms in total. The first-order chi connectivity index (χ1) is 19.8. The number of para-hydroxylation sites is 1. The standard InChI is InChI=1S/C30H43ClN2O8S/c1-8-11-18-14-20(33(6)15-18)27(35)32-22(16(2)31)23-24-25(41-30(4,5)40-24)26(29(39-23)42-7)38-28(36)19-12-9-10-13-21(19)37-17(3)34/h9-10,12-13,16,18,20,22-26,29H,8,11,14-15H2,1-7H3,(H,32,35)/t16?,18-,20+,22?,23?,24?,25?,26?,29?/m1/s1. The number of hydrogen-bond acceptors (Lipinski definition) is 10. The van der Waals surface area contributed by atoms with Crippen molar-refractivity contribution >= 4 is 41.2 Å². The molecule has 0 spiro atoms. The Morgan fingerprint density at radius 1 is 1.21 bits per heavy atom. The number of carbonyl (C=O) groups excluding carboxylic acids is 3. The van der Waals surface area contributed by atoms with Gasteiger partial charge in [-0.3, -0.25) is 14.5 Å². The molecule has 3 aliphatic heterocycles. The summed E-state index contributed by atoms with van der Waals surface area (Å²) in [6.07, 6.45) is 1.87. The van der Waals surface area contributed by atoms with Gasteiger partial charge in [0.2, 0.25) is 5.91 Å². The van der Waals surface area contributed by atoms with E-state index in [1.54, 1.807) is 26.0 Å². The lowest BCUT2D eigenvalue weighted by Crippen LogP contribution is -2.65. The average molecular weight is 627 g/mol. The molecule has 3 aliphatic rings. The first-order valence-corrected chi connectivity index (χ1v) is 16.2. The lowest BCUT2D eigenvalue weighted by molar-refractivity contribution is -0.169. The number of likely N-dealkylation sites (N-methyl/N-ethyl adjacent to an activating group) is 1. The third-order valence-electron chi connectivity index (χ3n) is 8.00. The average Bonchev–Trinajstić information content (AvgIpc) is 3.45. The van der Waals surface area contributed by atoms with Gasteiger partial charge in [0.25, 0.3) is 0 Å². The third-order valence-corrected chi connectivity index (χ3v) is 9.11. The Balaban J connectivity index is 1.57. The van der Waals surface area contributed by atoms with Crippen LogP contribution in [-0.4, -0.2) is 95.7 Å². The Labute approximate surface area is 257 Å². The van der Waals surface area contributed by atoms with Crippen LogP contribution in [0.15, 0.2) is 24.3 Å². The number of amides is 1. The number of ether oxygens (including phenoxy) is 5. The summed E-state index contributed by atoms with van der Waals surface area (Å²) in [6, 6.07) is 5.53. The molecule has 234 valence electrons. The number of fused-ring (bicyclic) bond motifs is 1. The van der Waals surface area contributed by atoms with E-state index < -0.39 is 59.0 Å². The highest BCUT2D eigenvalue weighted by Gasteiger charge is 2.59. The summed E-state index contributed by atoms with van der Waals surface area (Å²) in [5, 5.41) is 2.68. The van der Waals surface area contributed by atoms with Gasteiger partial charge < -0.3 is 29.0 Å². The van der Waals surface area contributed by atoms with Gasteiger partial charge in [0.05, 0.1) is 17.5 Å². The number of rotatable bonds is 10. The number of nitrogens with zero attached hydrogens (tertiary/aromatic N) is 1. The summed E-state index contributed by atoms with van der Waals surface area (Å²) in [6.45, 7) is 9.68. The number of nitrogens with one attached hydrogen (secondary N) is 1. The molecule has 4 rings (SSSR count). The number of hydrogen-bond donors (Lipinski definition) is 1. The van der Waals surface area contributed by atoms with Crippen molar-refractivity contribution in [2.75, 3.05) is 19.8 Å². The van der Waals surface area contributed by atoms with E-state index in [4.69, 9.17) is 35.3 Å². The van der Waals surface area contributed by atoms with Crippen LogP contribution in [0.3, 0.4) is 0 Å². The molecule has 42 heavy (non-hydrogen) atoms. The van der Waals surface area contributed by atoms with Crippen molar-refractivity contribution in [1.82, 2.24) is 10.2 Å². The number of halogens is 1. The summed E-state index contributed by atoms with van der Waals surface area (Å²) in [4.78, 5) is 40.6. The molecule has 1 N–H and O–H groups in total.